The maximum Gasteiger partial charge on any atom is 0.243 e. The number of nitrogens with one attached hydrogen (secondary N) is 1. The van der Waals surface area contributed by atoms with Gasteiger partial charge in [0.25, 0.3) is 0 Å². The second kappa shape index (κ2) is 8.66. The van der Waals surface area contributed by atoms with Gasteiger partial charge in [-0.05, 0) is 63.0 Å². The van der Waals surface area contributed by atoms with Gasteiger partial charge in [-0.25, -0.2) is 8.42 Å². The molecular weight excluding hydrogens is 312 g/mol. The van der Waals surface area contributed by atoms with Crippen molar-refractivity contribution in [2.45, 2.75) is 50.5 Å². The van der Waals surface area contributed by atoms with Gasteiger partial charge in [-0.15, -0.1) is 0 Å². The van der Waals surface area contributed by atoms with Crippen LogP contribution in [0.25, 0.3) is 0 Å². The number of hydrogen-bond donors (Lipinski definition) is 1. The first-order valence-electron chi connectivity index (χ1n) is 8.55. The third-order valence-electron chi connectivity index (χ3n) is 4.06. The number of rotatable bonds is 8. The summed E-state index contributed by atoms with van der Waals surface area (Å²) >= 11 is 0. The van der Waals surface area contributed by atoms with Crippen molar-refractivity contribution in [3.63, 3.8) is 0 Å². The lowest BCUT2D eigenvalue weighted by Gasteiger charge is -2.33. The SMILES string of the molecule is CCCOc1ccc(S(=O)(=O)N(CCC)C2CCNCC2)cc1. The average Bonchev–Trinajstić information content (AvgIpc) is 2.59. The van der Waals surface area contributed by atoms with Gasteiger partial charge in [-0.1, -0.05) is 13.8 Å². The Kier molecular flexibility index (Phi) is 6.87. The molecule has 0 radical (unpaired) electrons. The topological polar surface area (TPSA) is 58.6 Å². The van der Waals surface area contributed by atoms with E-state index in [0.717, 1.165) is 44.5 Å². The zero-order chi connectivity index (χ0) is 16.7. The zero-order valence-electron chi connectivity index (χ0n) is 14.1. The summed E-state index contributed by atoms with van der Waals surface area (Å²) in [7, 11) is -3.45. The summed E-state index contributed by atoms with van der Waals surface area (Å²) in [5.41, 5.74) is 0. The molecule has 0 saturated carbocycles. The molecular formula is C17H28N2O3S. The second-order valence-electron chi connectivity index (χ2n) is 5.92. The molecule has 0 amide bonds. The van der Waals surface area contributed by atoms with Crippen LogP contribution in [0.3, 0.4) is 0 Å². The van der Waals surface area contributed by atoms with Crippen LogP contribution < -0.4 is 10.1 Å². The lowest BCUT2D eigenvalue weighted by Crippen LogP contribution is -2.46. The zero-order valence-corrected chi connectivity index (χ0v) is 14.9. The van der Waals surface area contributed by atoms with Gasteiger partial charge >= 0.3 is 0 Å². The first-order chi connectivity index (χ1) is 11.1. The van der Waals surface area contributed by atoms with E-state index in [4.69, 9.17) is 4.74 Å². The predicted molar refractivity (Wildman–Crippen MR) is 92.3 cm³/mol. The van der Waals surface area contributed by atoms with Crippen molar-refractivity contribution in [3.8, 4) is 5.75 Å². The van der Waals surface area contributed by atoms with Crippen molar-refractivity contribution in [1.82, 2.24) is 9.62 Å². The largest absolute Gasteiger partial charge is 0.494 e. The number of nitrogens with zero attached hydrogens (tertiary/aromatic N) is 1. The van der Waals surface area contributed by atoms with Crippen LogP contribution in [0.5, 0.6) is 5.75 Å². The molecule has 0 spiro atoms. The highest BCUT2D eigenvalue weighted by atomic mass is 32.2. The summed E-state index contributed by atoms with van der Waals surface area (Å²) in [6.45, 7) is 7.03. The van der Waals surface area contributed by atoms with Gasteiger partial charge in [-0.3, -0.25) is 0 Å². The van der Waals surface area contributed by atoms with Gasteiger partial charge in [-0.2, -0.15) is 4.31 Å². The first kappa shape index (κ1) is 18.2. The molecule has 0 unspecified atom stereocenters. The Morgan fingerprint density at radius 2 is 1.78 bits per heavy atom. The fourth-order valence-corrected chi connectivity index (χ4v) is 4.65. The van der Waals surface area contributed by atoms with Crippen LogP contribution in [0.4, 0.5) is 0 Å². The summed E-state index contributed by atoms with van der Waals surface area (Å²) in [4.78, 5) is 0.355. The van der Waals surface area contributed by atoms with Gasteiger partial charge < -0.3 is 10.1 Å². The molecule has 1 aromatic rings. The van der Waals surface area contributed by atoms with E-state index in [2.05, 4.69) is 5.32 Å². The van der Waals surface area contributed by atoms with Crippen LogP contribution >= 0.6 is 0 Å². The van der Waals surface area contributed by atoms with Crippen molar-refractivity contribution in [2.24, 2.45) is 0 Å². The third-order valence-corrected chi connectivity index (χ3v) is 6.03. The molecule has 1 aliphatic rings. The molecule has 1 aromatic carbocycles. The van der Waals surface area contributed by atoms with Crippen molar-refractivity contribution in [2.75, 3.05) is 26.2 Å². The molecule has 6 heteroatoms. The number of hydrogen-bond acceptors (Lipinski definition) is 4. The highest BCUT2D eigenvalue weighted by Crippen LogP contribution is 2.24. The Morgan fingerprint density at radius 1 is 1.13 bits per heavy atom. The predicted octanol–water partition coefficient (Wildman–Crippen LogP) is 2.63. The van der Waals surface area contributed by atoms with Crippen molar-refractivity contribution in [1.29, 1.82) is 0 Å². The quantitative estimate of drug-likeness (QED) is 0.790. The summed E-state index contributed by atoms with van der Waals surface area (Å²) in [5.74, 6) is 0.717. The van der Waals surface area contributed by atoms with Crippen LogP contribution in [-0.4, -0.2) is 45.0 Å². The number of ether oxygens (including phenoxy) is 1. The lowest BCUT2D eigenvalue weighted by molar-refractivity contribution is 0.262. The van der Waals surface area contributed by atoms with Crippen LogP contribution in [0.1, 0.15) is 39.5 Å². The number of piperidine rings is 1. The normalized spacial score (nSPS) is 16.7. The van der Waals surface area contributed by atoms with E-state index in [-0.39, 0.29) is 6.04 Å². The molecule has 0 bridgehead atoms. The van der Waals surface area contributed by atoms with E-state index in [0.29, 0.717) is 18.0 Å². The van der Waals surface area contributed by atoms with E-state index < -0.39 is 10.0 Å². The Hall–Kier alpha value is -1.11. The summed E-state index contributed by atoms with van der Waals surface area (Å²) < 4.78 is 33.2. The standard InChI is InChI=1S/C17H28N2O3S/c1-3-13-19(15-9-11-18-12-10-15)23(20,21)17-7-5-16(6-8-17)22-14-4-2/h5-8,15,18H,3-4,9-14H2,1-2H3. The fraction of sp³-hybridized carbons (Fsp3) is 0.647. The minimum absolute atomic E-state index is 0.0946. The van der Waals surface area contributed by atoms with Gasteiger partial charge in [0.1, 0.15) is 5.75 Å². The van der Waals surface area contributed by atoms with Gasteiger partial charge in [0, 0.05) is 12.6 Å². The van der Waals surface area contributed by atoms with Crippen LogP contribution in [0.15, 0.2) is 29.2 Å². The van der Waals surface area contributed by atoms with E-state index in [1.165, 1.54) is 0 Å². The van der Waals surface area contributed by atoms with Gasteiger partial charge in [0.2, 0.25) is 10.0 Å². The highest BCUT2D eigenvalue weighted by Gasteiger charge is 2.31. The van der Waals surface area contributed by atoms with E-state index in [9.17, 15) is 8.42 Å². The molecule has 1 heterocycles. The Balaban J connectivity index is 2.18. The van der Waals surface area contributed by atoms with Crippen molar-refractivity contribution >= 4 is 10.0 Å². The molecule has 1 aliphatic heterocycles. The molecule has 23 heavy (non-hydrogen) atoms. The van der Waals surface area contributed by atoms with E-state index in [1.807, 2.05) is 13.8 Å². The number of sulfonamides is 1. The van der Waals surface area contributed by atoms with Crippen LogP contribution in [-0.2, 0) is 10.0 Å². The highest BCUT2D eigenvalue weighted by molar-refractivity contribution is 7.89. The third kappa shape index (κ3) is 4.68. The second-order valence-corrected chi connectivity index (χ2v) is 7.81. The minimum Gasteiger partial charge on any atom is -0.494 e. The van der Waals surface area contributed by atoms with E-state index >= 15 is 0 Å². The Labute approximate surface area is 140 Å². The Morgan fingerprint density at radius 3 is 2.35 bits per heavy atom. The molecule has 130 valence electrons. The summed E-state index contributed by atoms with van der Waals surface area (Å²) in [6.07, 6.45) is 3.49. The van der Waals surface area contributed by atoms with Crippen LogP contribution in [0, 0.1) is 0 Å². The lowest BCUT2D eigenvalue weighted by atomic mass is 10.1. The molecule has 2 rings (SSSR count). The van der Waals surface area contributed by atoms with Crippen LogP contribution in [0.2, 0.25) is 0 Å². The fourth-order valence-electron chi connectivity index (χ4n) is 2.88. The summed E-state index contributed by atoms with van der Waals surface area (Å²) in [6, 6.07) is 6.90. The molecule has 0 atom stereocenters. The Bertz CT molecular complexity index is 566. The molecule has 5 nitrogen and oxygen atoms in total. The molecule has 1 fully saturated rings. The van der Waals surface area contributed by atoms with Gasteiger partial charge in [0.15, 0.2) is 0 Å². The maximum atomic E-state index is 13.0. The molecule has 1 N–H and O–H groups in total. The number of benzene rings is 1. The molecule has 1 saturated heterocycles. The average molecular weight is 340 g/mol. The smallest absolute Gasteiger partial charge is 0.243 e. The molecule has 0 aliphatic carbocycles. The van der Waals surface area contributed by atoms with E-state index in [1.54, 1.807) is 28.6 Å². The minimum atomic E-state index is -3.45. The molecule has 0 aromatic heterocycles. The van der Waals surface area contributed by atoms with Crippen molar-refractivity contribution in [3.05, 3.63) is 24.3 Å². The van der Waals surface area contributed by atoms with Crippen molar-refractivity contribution < 1.29 is 13.2 Å². The summed E-state index contributed by atoms with van der Waals surface area (Å²) in [5, 5.41) is 3.29. The van der Waals surface area contributed by atoms with Gasteiger partial charge in [0.05, 0.1) is 11.5 Å². The maximum absolute atomic E-state index is 13.0. The first-order valence-corrected chi connectivity index (χ1v) is 9.99. The monoisotopic (exact) mass is 340 g/mol.